The Morgan fingerprint density at radius 1 is 1.38 bits per heavy atom. The minimum Gasteiger partial charge on any atom is -0.563 e. The van der Waals surface area contributed by atoms with E-state index in [1.807, 2.05) is 13.0 Å². The number of benzene rings is 1. The molecule has 7 heteroatoms. The van der Waals surface area contributed by atoms with E-state index in [2.05, 4.69) is 28.4 Å². The molecular formula is C17H24BFN3O2. The molecule has 2 aliphatic heterocycles. The lowest BCUT2D eigenvalue weighted by Gasteiger charge is -2.40. The molecule has 1 aromatic carbocycles. The van der Waals surface area contributed by atoms with Crippen LogP contribution in [0.3, 0.4) is 0 Å². The van der Waals surface area contributed by atoms with Gasteiger partial charge in [-0.3, -0.25) is 4.90 Å². The molecule has 5 nitrogen and oxygen atoms in total. The fourth-order valence-electron chi connectivity index (χ4n) is 3.06. The summed E-state index contributed by atoms with van der Waals surface area (Å²) >= 11 is 0. The van der Waals surface area contributed by atoms with E-state index in [1.54, 1.807) is 20.4 Å². The third-order valence-electron chi connectivity index (χ3n) is 4.51. The van der Waals surface area contributed by atoms with Gasteiger partial charge in [0.1, 0.15) is 24.3 Å². The van der Waals surface area contributed by atoms with Crippen LogP contribution in [-0.2, 0) is 6.67 Å². The fourth-order valence-corrected chi connectivity index (χ4v) is 3.06. The van der Waals surface area contributed by atoms with Gasteiger partial charge in [-0.15, -0.1) is 0 Å². The Balaban J connectivity index is 1.57. The van der Waals surface area contributed by atoms with Crippen LogP contribution >= 0.6 is 0 Å². The number of nitrogens with one attached hydrogen (secondary N) is 1. The summed E-state index contributed by atoms with van der Waals surface area (Å²) in [5.41, 5.74) is 2.70. The summed E-state index contributed by atoms with van der Waals surface area (Å²) in [7, 11) is 3.65. The van der Waals surface area contributed by atoms with E-state index in [9.17, 15) is 4.39 Å². The highest BCUT2D eigenvalue weighted by Gasteiger charge is 2.30. The van der Waals surface area contributed by atoms with Crippen molar-refractivity contribution >= 4 is 7.48 Å². The summed E-state index contributed by atoms with van der Waals surface area (Å²) in [6.45, 7) is 6.74. The van der Waals surface area contributed by atoms with Crippen LogP contribution in [0, 0.1) is 6.92 Å². The Labute approximate surface area is 143 Å². The summed E-state index contributed by atoms with van der Waals surface area (Å²) < 4.78 is 24.6. The van der Waals surface area contributed by atoms with E-state index in [0.717, 1.165) is 37.6 Å². The Kier molecular flexibility index (Phi) is 5.19. The molecule has 0 bridgehead atoms. The first-order valence-corrected chi connectivity index (χ1v) is 8.28. The Bertz CT molecular complexity index is 620. The van der Waals surface area contributed by atoms with Crippen molar-refractivity contribution in [2.75, 3.05) is 33.4 Å². The van der Waals surface area contributed by atoms with E-state index in [0.29, 0.717) is 11.3 Å². The predicted octanol–water partition coefficient (Wildman–Crippen LogP) is 1.91. The van der Waals surface area contributed by atoms with Crippen LogP contribution in [0.2, 0.25) is 6.82 Å². The van der Waals surface area contributed by atoms with Crippen LogP contribution in [0.25, 0.3) is 0 Å². The highest BCUT2D eigenvalue weighted by Crippen LogP contribution is 2.33. The van der Waals surface area contributed by atoms with Gasteiger partial charge in [0.05, 0.1) is 6.67 Å². The number of likely N-dealkylation sites (tertiary alicyclic amines) is 1. The van der Waals surface area contributed by atoms with E-state index in [-0.39, 0.29) is 6.10 Å². The maximum absolute atomic E-state index is 13.1. The lowest BCUT2D eigenvalue weighted by atomic mass is 10.0. The van der Waals surface area contributed by atoms with Crippen LogP contribution in [-0.4, -0.2) is 56.7 Å². The molecule has 2 aliphatic rings. The highest BCUT2D eigenvalue weighted by molar-refractivity contribution is 6.26. The zero-order valence-corrected chi connectivity index (χ0v) is 14.5. The summed E-state index contributed by atoms with van der Waals surface area (Å²) in [6, 6.07) is 3.58. The van der Waals surface area contributed by atoms with E-state index in [4.69, 9.17) is 9.39 Å². The van der Waals surface area contributed by atoms with Crippen LogP contribution in [0.4, 0.5) is 4.39 Å². The zero-order chi connectivity index (χ0) is 17.1. The van der Waals surface area contributed by atoms with Crippen LogP contribution in [0.1, 0.15) is 11.1 Å². The van der Waals surface area contributed by atoms with Crippen molar-refractivity contribution in [2.45, 2.75) is 26.5 Å². The average molecular weight is 332 g/mol. The van der Waals surface area contributed by atoms with Gasteiger partial charge in [0, 0.05) is 49.7 Å². The largest absolute Gasteiger partial charge is 0.563 e. The van der Waals surface area contributed by atoms with Gasteiger partial charge >= 0.3 is 7.48 Å². The van der Waals surface area contributed by atoms with Crippen LogP contribution in [0.15, 0.2) is 24.0 Å². The van der Waals surface area contributed by atoms with Gasteiger partial charge < -0.3 is 19.6 Å². The lowest BCUT2D eigenvalue weighted by molar-refractivity contribution is 0.0228. The SMILES string of the molecule is C[B]Oc1c(CF)ccc(OC2CN(CC3=CNCN3C)C2)c1C. The summed E-state index contributed by atoms with van der Waals surface area (Å²) in [5.74, 6) is 1.34. The minimum atomic E-state index is -0.543. The van der Waals surface area contributed by atoms with Crippen molar-refractivity contribution in [1.82, 2.24) is 15.1 Å². The number of rotatable bonds is 7. The molecule has 1 fully saturated rings. The number of hydrogen-bond acceptors (Lipinski definition) is 5. The first-order valence-electron chi connectivity index (χ1n) is 8.28. The Hall–Kier alpha value is -1.89. The summed E-state index contributed by atoms with van der Waals surface area (Å²) in [5, 5.41) is 3.22. The molecule has 0 saturated carbocycles. The first-order chi connectivity index (χ1) is 11.6. The molecular weight excluding hydrogens is 308 g/mol. The van der Waals surface area contributed by atoms with Crippen LogP contribution in [0.5, 0.6) is 11.5 Å². The van der Waals surface area contributed by atoms with Crippen LogP contribution < -0.4 is 14.7 Å². The molecule has 2 heterocycles. The standard InChI is InChI=1S/C17H24BFN3O2/c1-12-16(5-4-13(6-19)17(12)24-18-2)23-15-9-22(10-15)8-14-7-20-11-21(14)3/h4-5,7,15,20H,6,8-11H2,1-3H3. The molecule has 1 radical (unpaired) electrons. The van der Waals surface area contributed by atoms with Gasteiger partial charge in [0.15, 0.2) is 0 Å². The molecule has 129 valence electrons. The van der Waals surface area contributed by atoms with Crippen molar-refractivity contribution in [2.24, 2.45) is 0 Å². The van der Waals surface area contributed by atoms with Gasteiger partial charge in [-0.25, -0.2) is 4.39 Å². The summed E-state index contributed by atoms with van der Waals surface area (Å²) in [6.07, 6.45) is 2.23. The summed E-state index contributed by atoms with van der Waals surface area (Å²) in [4.78, 5) is 4.56. The predicted molar refractivity (Wildman–Crippen MR) is 92.9 cm³/mol. The van der Waals surface area contributed by atoms with Crippen molar-refractivity contribution < 1.29 is 13.8 Å². The van der Waals surface area contributed by atoms with Gasteiger partial charge in [0.25, 0.3) is 0 Å². The van der Waals surface area contributed by atoms with Gasteiger partial charge in [0.2, 0.25) is 0 Å². The number of halogens is 1. The van der Waals surface area contributed by atoms with E-state index < -0.39 is 6.67 Å². The van der Waals surface area contributed by atoms with Gasteiger partial charge in [-0.05, 0) is 19.1 Å². The maximum Gasteiger partial charge on any atom is 0.366 e. The molecule has 1 saturated heterocycles. The zero-order valence-electron chi connectivity index (χ0n) is 14.5. The lowest BCUT2D eigenvalue weighted by Crippen LogP contribution is -2.54. The monoisotopic (exact) mass is 332 g/mol. The van der Waals surface area contributed by atoms with Crippen molar-refractivity contribution in [3.63, 3.8) is 0 Å². The van der Waals surface area contributed by atoms with Gasteiger partial charge in [-0.2, -0.15) is 0 Å². The number of nitrogens with zero attached hydrogens (tertiary/aromatic N) is 2. The average Bonchev–Trinajstić information content (AvgIpc) is 2.94. The molecule has 1 N–H and O–H groups in total. The van der Waals surface area contributed by atoms with E-state index >= 15 is 0 Å². The van der Waals surface area contributed by atoms with Crippen molar-refractivity contribution in [3.8, 4) is 11.5 Å². The van der Waals surface area contributed by atoms with Crippen molar-refractivity contribution in [3.05, 3.63) is 35.2 Å². The minimum absolute atomic E-state index is 0.165. The normalized spacial score (nSPS) is 18.0. The molecule has 3 rings (SSSR count). The maximum atomic E-state index is 13.1. The second kappa shape index (κ2) is 7.34. The number of likely N-dealkylation sites (N-methyl/N-ethyl adjacent to an activating group) is 1. The Morgan fingerprint density at radius 2 is 2.17 bits per heavy atom. The molecule has 0 spiro atoms. The smallest absolute Gasteiger partial charge is 0.366 e. The molecule has 1 aromatic rings. The fraction of sp³-hybridized carbons (Fsp3) is 0.529. The molecule has 0 aromatic heterocycles. The second-order valence-corrected chi connectivity index (χ2v) is 6.29. The third kappa shape index (κ3) is 3.46. The van der Waals surface area contributed by atoms with Crippen molar-refractivity contribution in [1.29, 1.82) is 0 Å². The Morgan fingerprint density at radius 3 is 2.79 bits per heavy atom. The first kappa shape index (κ1) is 17.0. The number of hydrogen-bond donors (Lipinski definition) is 1. The van der Waals surface area contributed by atoms with E-state index in [1.165, 1.54) is 5.70 Å². The molecule has 0 unspecified atom stereocenters. The topological polar surface area (TPSA) is 37.0 Å². The highest BCUT2D eigenvalue weighted by atomic mass is 19.1. The molecule has 0 amide bonds. The molecule has 0 aliphatic carbocycles. The third-order valence-corrected chi connectivity index (χ3v) is 4.51. The number of alkyl halides is 1. The molecule has 24 heavy (non-hydrogen) atoms. The number of ether oxygens (including phenoxy) is 1. The molecule has 0 atom stereocenters. The van der Waals surface area contributed by atoms with Gasteiger partial charge in [-0.1, -0.05) is 6.82 Å². The second-order valence-electron chi connectivity index (χ2n) is 6.29. The quantitative estimate of drug-likeness (QED) is 0.772.